The number of nitrogens with one attached hydrogen (secondary N) is 1. The Morgan fingerprint density at radius 3 is 2.62 bits per heavy atom. The van der Waals surface area contributed by atoms with Gasteiger partial charge in [0.2, 0.25) is 5.75 Å². The van der Waals surface area contributed by atoms with Crippen LogP contribution in [0.1, 0.15) is 22.8 Å². The lowest BCUT2D eigenvalue weighted by molar-refractivity contribution is -0.129. The number of methoxy groups -OCH3 is 1. The third kappa shape index (κ3) is 5.16. The summed E-state index contributed by atoms with van der Waals surface area (Å²) in [5, 5.41) is 2.70. The lowest BCUT2D eigenvalue weighted by atomic mass is 10.1. The van der Waals surface area contributed by atoms with Gasteiger partial charge in [0.25, 0.3) is 5.91 Å². The van der Waals surface area contributed by atoms with Gasteiger partial charge in [0.1, 0.15) is 19.0 Å². The number of halogens is 1. The average Bonchev–Trinajstić information content (AvgIpc) is 2.74. The maximum absolute atomic E-state index is 12.9. The van der Waals surface area contributed by atoms with E-state index in [2.05, 4.69) is 5.32 Å². The van der Waals surface area contributed by atoms with Crippen molar-refractivity contribution in [1.29, 1.82) is 0 Å². The summed E-state index contributed by atoms with van der Waals surface area (Å²) in [6.07, 6.45) is -0.457. The first-order valence-corrected chi connectivity index (χ1v) is 9.18. The fourth-order valence-electron chi connectivity index (χ4n) is 2.80. The lowest BCUT2D eigenvalue weighted by Crippen LogP contribution is -2.36. The van der Waals surface area contributed by atoms with Gasteiger partial charge in [-0.15, -0.1) is 0 Å². The van der Waals surface area contributed by atoms with Crippen LogP contribution in [0.3, 0.4) is 0 Å². The van der Waals surface area contributed by atoms with E-state index in [0.29, 0.717) is 43.4 Å². The standard InChI is InChI=1S/C21H22FNO6/c1-13(20(24)23-8-7-14-3-5-16(22)6-4-14)29-21(25)15-11-17(26-2)19-18(12-15)27-9-10-28-19/h3-6,11-13H,7-10H2,1-2H3,(H,23,24)/t13-/m1/s1. The van der Waals surface area contributed by atoms with E-state index < -0.39 is 18.0 Å². The van der Waals surface area contributed by atoms with Crippen molar-refractivity contribution >= 4 is 11.9 Å². The van der Waals surface area contributed by atoms with Crippen LogP contribution in [0.4, 0.5) is 4.39 Å². The second kappa shape index (κ2) is 9.27. The maximum atomic E-state index is 12.9. The van der Waals surface area contributed by atoms with Crippen LogP contribution in [0, 0.1) is 5.82 Å². The van der Waals surface area contributed by atoms with Crippen LogP contribution in [-0.4, -0.2) is 44.8 Å². The van der Waals surface area contributed by atoms with Gasteiger partial charge >= 0.3 is 5.97 Å². The zero-order valence-electron chi connectivity index (χ0n) is 16.2. The minimum Gasteiger partial charge on any atom is -0.493 e. The molecule has 7 nitrogen and oxygen atoms in total. The number of benzene rings is 2. The third-order valence-electron chi connectivity index (χ3n) is 4.34. The molecule has 0 aliphatic carbocycles. The highest BCUT2D eigenvalue weighted by molar-refractivity contribution is 5.93. The first kappa shape index (κ1) is 20.4. The third-order valence-corrected chi connectivity index (χ3v) is 4.34. The van der Waals surface area contributed by atoms with Crippen molar-refractivity contribution in [2.24, 2.45) is 0 Å². The molecule has 0 spiro atoms. The van der Waals surface area contributed by atoms with Gasteiger partial charge in [-0.3, -0.25) is 4.79 Å². The first-order chi connectivity index (χ1) is 14.0. The molecule has 1 aliphatic rings. The number of esters is 1. The van der Waals surface area contributed by atoms with Crippen LogP contribution in [0.15, 0.2) is 36.4 Å². The minimum absolute atomic E-state index is 0.192. The van der Waals surface area contributed by atoms with E-state index in [9.17, 15) is 14.0 Å². The number of amides is 1. The summed E-state index contributed by atoms with van der Waals surface area (Å²) in [5.41, 5.74) is 1.08. The van der Waals surface area contributed by atoms with Gasteiger partial charge in [0, 0.05) is 6.54 Å². The zero-order chi connectivity index (χ0) is 20.8. The van der Waals surface area contributed by atoms with Crippen LogP contribution in [0.2, 0.25) is 0 Å². The molecule has 1 amide bonds. The molecule has 0 radical (unpaired) electrons. The van der Waals surface area contributed by atoms with Gasteiger partial charge in [-0.1, -0.05) is 12.1 Å². The van der Waals surface area contributed by atoms with E-state index >= 15 is 0 Å². The van der Waals surface area contributed by atoms with Crippen molar-refractivity contribution < 1.29 is 32.9 Å². The number of carbonyl (C=O) groups is 2. The van der Waals surface area contributed by atoms with Crippen molar-refractivity contribution in [3.05, 3.63) is 53.3 Å². The molecule has 0 fully saturated rings. The molecule has 2 aromatic carbocycles. The zero-order valence-corrected chi connectivity index (χ0v) is 16.2. The summed E-state index contributed by atoms with van der Waals surface area (Å²) in [6, 6.07) is 9.01. The Morgan fingerprint density at radius 2 is 1.90 bits per heavy atom. The molecule has 0 saturated carbocycles. The number of ether oxygens (including phenoxy) is 4. The van der Waals surface area contributed by atoms with E-state index in [1.54, 1.807) is 12.1 Å². The van der Waals surface area contributed by atoms with E-state index in [1.165, 1.54) is 38.3 Å². The maximum Gasteiger partial charge on any atom is 0.339 e. The molecule has 0 aromatic heterocycles. The molecule has 0 bridgehead atoms. The number of fused-ring (bicyclic) bond motifs is 1. The van der Waals surface area contributed by atoms with E-state index in [-0.39, 0.29) is 11.4 Å². The highest BCUT2D eigenvalue weighted by Gasteiger charge is 2.24. The molecule has 1 aliphatic heterocycles. The molecule has 1 heterocycles. The summed E-state index contributed by atoms with van der Waals surface area (Å²) in [6.45, 7) is 2.58. The van der Waals surface area contributed by atoms with E-state index in [0.717, 1.165) is 5.56 Å². The Bertz CT molecular complexity index is 866. The van der Waals surface area contributed by atoms with E-state index in [4.69, 9.17) is 18.9 Å². The fourth-order valence-corrected chi connectivity index (χ4v) is 2.80. The smallest absolute Gasteiger partial charge is 0.339 e. The van der Waals surface area contributed by atoms with Crippen LogP contribution in [0.25, 0.3) is 0 Å². The SMILES string of the molecule is COc1cc(C(=O)O[C@H](C)C(=O)NCCc2ccc(F)cc2)cc2c1OCCO2. The fraction of sp³-hybridized carbons (Fsp3) is 0.333. The van der Waals surface area contributed by atoms with Crippen LogP contribution >= 0.6 is 0 Å². The van der Waals surface area contributed by atoms with Crippen molar-refractivity contribution in [2.45, 2.75) is 19.4 Å². The van der Waals surface area contributed by atoms with Crippen LogP contribution < -0.4 is 19.5 Å². The second-order valence-corrected chi connectivity index (χ2v) is 6.42. The number of carbonyl (C=O) groups excluding carboxylic acids is 2. The Kier molecular flexibility index (Phi) is 6.54. The van der Waals surface area contributed by atoms with Crippen molar-refractivity contribution in [3.63, 3.8) is 0 Å². The quantitative estimate of drug-likeness (QED) is 0.716. The molecule has 8 heteroatoms. The predicted molar refractivity (Wildman–Crippen MR) is 102 cm³/mol. The Labute approximate surface area is 167 Å². The largest absolute Gasteiger partial charge is 0.493 e. The van der Waals surface area contributed by atoms with Crippen molar-refractivity contribution in [2.75, 3.05) is 26.9 Å². The minimum atomic E-state index is -0.991. The highest BCUT2D eigenvalue weighted by atomic mass is 19.1. The molecule has 2 aromatic rings. The number of hydrogen-bond donors (Lipinski definition) is 1. The number of rotatable bonds is 7. The van der Waals surface area contributed by atoms with Gasteiger partial charge in [0.15, 0.2) is 17.6 Å². The molecular formula is C21H22FNO6. The molecule has 1 atom stereocenters. The van der Waals surface area contributed by atoms with E-state index in [1.807, 2.05) is 0 Å². The molecule has 154 valence electrons. The van der Waals surface area contributed by atoms with Crippen molar-refractivity contribution in [1.82, 2.24) is 5.32 Å². The molecular weight excluding hydrogens is 381 g/mol. The first-order valence-electron chi connectivity index (χ1n) is 9.18. The van der Waals surface area contributed by atoms with Crippen LogP contribution in [0.5, 0.6) is 17.2 Å². The summed E-state index contributed by atoms with van der Waals surface area (Å²) in [7, 11) is 1.46. The van der Waals surface area contributed by atoms with Crippen molar-refractivity contribution in [3.8, 4) is 17.2 Å². The topological polar surface area (TPSA) is 83.1 Å². The lowest BCUT2D eigenvalue weighted by Gasteiger charge is -2.21. The summed E-state index contributed by atoms with van der Waals surface area (Å²) >= 11 is 0. The summed E-state index contributed by atoms with van der Waals surface area (Å²) < 4.78 is 34.4. The molecule has 1 N–H and O–H groups in total. The molecule has 29 heavy (non-hydrogen) atoms. The summed E-state index contributed by atoms with van der Waals surface area (Å²) in [4.78, 5) is 24.6. The Hall–Kier alpha value is -3.29. The van der Waals surface area contributed by atoms with Crippen LogP contribution in [-0.2, 0) is 16.0 Å². The van der Waals surface area contributed by atoms with Gasteiger partial charge < -0.3 is 24.3 Å². The van der Waals surface area contributed by atoms with Gasteiger partial charge in [-0.25, -0.2) is 9.18 Å². The number of hydrogen-bond acceptors (Lipinski definition) is 6. The second-order valence-electron chi connectivity index (χ2n) is 6.42. The average molecular weight is 403 g/mol. The highest BCUT2D eigenvalue weighted by Crippen LogP contribution is 2.40. The Morgan fingerprint density at radius 1 is 1.17 bits per heavy atom. The molecule has 0 unspecified atom stereocenters. The van der Waals surface area contributed by atoms with Gasteiger partial charge in [0.05, 0.1) is 12.7 Å². The Balaban J connectivity index is 1.55. The monoisotopic (exact) mass is 403 g/mol. The predicted octanol–water partition coefficient (Wildman–Crippen LogP) is 2.51. The van der Waals surface area contributed by atoms with Gasteiger partial charge in [-0.2, -0.15) is 0 Å². The normalized spacial score (nSPS) is 13.3. The summed E-state index contributed by atoms with van der Waals surface area (Å²) in [5.74, 6) is -0.244. The molecule has 0 saturated heterocycles. The molecule has 3 rings (SSSR count). The van der Waals surface area contributed by atoms with Gasteiger partial charge in [-0.05, 0) is 43.2 Å².